The predicted octanol–water partition coefficient (Wildman–Crippen LogP) is 0.882. The first kappa shape index (κ1) is 14.3. The summed E-state index contributed by atoms with van der Waals surface area (Å²) in [5.74, 6) is -0.446. The van der Waals surface area contributed by atoms with E-state index in [4.69, 9.17) is 4.74 Å². The minimum absolute atomic E-state index is 0.0834. The van der Waals surface area contributed by atoms with E-state index in [1.807, 2.05) is 4.90 Å². The number of hydrogen-bond donors (Lipinski definition) is 0. The second kappa shape index (κ2) is 6.37. The molecule has 2 atom stereocenters. The van der Waals surface area contributed by atoms with Gasteiger partial charge in [-0.3, -0.25) is 14.5 Å². The zero-order chi connectivity index (χ0) is 13.8. The fourth-order valence-electron chi connectivity index (χ4n) is 3.05. The SMILES string of the molecule is COC(=O)C1CC(=O)N(CCN2CCCCC2C)C1. The number of esters is 1. The first-order valence-corrected chi connectivity index (χ1v) is 7.21. The van der Waals surface area contributed by atoms with Crippen molar-refractivity contribution < 1.29 is 14.3 Å². The minimum atomic E-state index is -0.267. The number of methoxy groups -OCH3 is 1. The van der Waals surface area contributed by atoms with Gasteiger partial charge in [-0.05, 0) is 26.3 Å². The van der Waals surface area contributed by atoms with Crippen LogP contribution >= 0.6 is 0 Å². The van der Waals surface area contributed by atoms with Crippen molar-refractivity contribution in [2.24, 2.45) is 5.92 Å². The molecule has 19 heavy (non-hydrogen) atoms. The van der Waals surface area contributed by atoms with Gasteiger partial charge in [0.25, 0.3) is 0 Å². The van der Waals surface area contributed by atoms with E-state index in [0.717, 1.165) is 19.6 Å². The highest BCUT2D eigenvalue weighted by Gasteiger charge is 2.35. The van der Waals surface area contributed by atoms with E-state index >= 15 is 0 Å². The monoisotopic (exact) mass is 268 g/mol. The quantitative estimate of drug-likeness (QED) is 0.710. The molecule has 2 aliphatic heterocycles. The molecule has 5 nitrogen and oxygen atoms in total. The Morgan fingerprint density at radius 2 is 2.16 bits per heavy atom. The number of amides is 1. The lowest BCUT2D eigenvalue weighted by Gasteiger charge is -2.34. The second-order valence-corrected chi connectivity index (χ2v) is 5.64. The Morgan fingerprint density at radius 3 is 2.84 bits per heavy atom. The molecule has 0 aromatic heterocycles. The average Bonchev–Trinajstić information content (AvgIpc) is 2.78. The first-order chi connectivity index (χ1) is 9.11. The Kier molecular flexibility index (Phi) is 4.80. The van der Waals surface area contributed by atoms with Gasteiger partial charge in [-0.1, -0.05) is 6.42 Å². The zero-order valence-electron chi connectivity index (χ0n) is 11.9. The Bertz CT molecular complexity index is 346. The van der Waals surface area contributed by atoms with Gasteiger partial charge in [0.1, 0.15) is 0 Å². The van der Waals surface area contributed by atoms with Gasteiger partial charge in [0.15, 0.2) is 0 Å². The van der Waals surface area contributed by atoms with Crippen molar-refractivity contribution >= 4 is 11.9 Å². The second-order valence-electron chi connectivity index (χ2n) is 5.64. The van der Waals surface area contributed by atoms with Crippen LogP contribution in [0, 0.1) is 5.92 Å². The van der Waals surface area contributed by atoms with Crippen LogP contribution in [0.1, 0.15) is 32.6 Å². The van der Waals surface area contributed by atoms with Crippen LogP contribution in [0.25, 0.3) is 0 Å². The van der Waals surface area contributed by atoms with Crippen LogP contribution in [-0.2, 0) is 14.3 Å². The minimum Gasteiger partial charge on any atom is -0.469 e. The average molecular weight is 268 g/mol. The Balaban J connectivity index is 1.80. The fourth-order valence-corrected chi connectivity index (χ4v) is 3.05. The van der Waals surface area contributed by atoms with E-state index in [1.165, 1.54) is 26.4 Å². The third kappa shape index (κ3) is 3.47. The van der Waals surface area contributed by atoms with Crippen molar-refractivity contribution in [3.8, 4) is 0 Å². The number of rotatable bonds is 4. The van der Waals surface area contributed by atoms with Gasteiger partial charge in [0, 0.05) is 32.1 Å². The number of piperidine rings is 1. The summed E-state index contributed by atoms with van der Waals surface area (Å²) < 4.78 is 4.71. The number of carbonyl (C=O) groups excluding carboxylic acids is 2. The molecular formula is C14H24N2O3. The number of ether oxygens (including phenoxy) is 1. The third-order valence-electron chi connectivity index (χ3n) is 4.35. The summed E-state index contributed by atoms with van der Waals surface area (Å²) in [5.41, 5.74) is 0. The van der Waals surface area contributed by atoms with Gasteiger partial charge in [0.05, 0.1) is 13.0 Å². The molecule has 2 rings (SSSR count). The van der Waals surface area contributed by atoms with E-state index in [9.17, 15) is 9.59 Å². The van der Waals surface area contributed by atoms with E-state index in [0.29, 0.717) is 19.0 Å². The Morgan fingerprint density at radius 1 is 1.37 bits per heavy atom. The molecule has 5 heteroatoms. The van der Waals surface area contributed by atoms with Gasteiger partial charge in [-0.15, -0.1) is 0 Å². The smallest absolute Gasteiger partial charge is 0.310 e. The highest BCUT2D eigenvalue weighted by Crippen LogP contribution is 2.20. The summed E-state index contributed by atoms with van der Waals surface area (Å²) in [6, 6.07) is 0.614. The lowest BCUT2D eigenvalue weighted by Crippen LogP contribution is -2.43. The van der Waals surface area contributed by atoms with Gasteiger partial charge in [-0.25, -0.2) is 0 Å². The summed E-state index contributed by atoms with van der Waals surface area (Å²) in [4.78, 5) is 27.6. The lowest BCUT2D eigenvalue weighted by molar-refractivity contribution is -0.145. The zero-order valence-corrected chi connectivity index (χ0v) is 11.9. The maximum absolute atomic E-state index is 11.9. The maximum Gasteiger partial charge on any atom is 0.310 e. The fraction of sp³-hybridized carbons (Fsp3) is 0.857. The highest BCUT2D eigenvalue weighted by molar-refractivity contribution is 5.86. The molecule has 2 aliphatic rings. The molecule has 0 bridgehead atoms. The van der Waals surface area contributed by atoms with Gasteiger partial charge < -0.3 is 9.64 Å². The topological polar surface area (TPSA) is 49.9 Å². The van der Waals surface area contributed by atoms with Crippen LogP contribution in [0.5, 0.6) is 0 Å². The highest BCUT2D eigenvalue weighted by atomic mass is 16.5. The van der Waals surface area contributed by atoms with E-state index in [-0.39, 0.29) is 17.8 Å². The molecule has 1 amide bonds. The number of carbonyl (C=O) groups is 2. The molecule has 2 fully saturated rings. The standard InChI is InChI=1S/C14H24N2O3/c1-11-5-3-4-6-15(11)7-8-16-10-12(9-13(16)17)14(18)19-2/h11-12H,3-10H2,1-2H3. The van der Waals surface area contributed by atoms with Crippen molar-refractivity contribution in [2.45, 2.75) is 38.6 Å². The predicted molar refractivity (Wildman–Crippen MR) is 71.6 cm³/mol. The number of nitrogens with zero attached hydrogens (tertiary/aromatic N) is 2. The summed E-state index contributed by atoms with van der Waals surface area (Å²) in [6.45, 7) is 5.55. The molecule has 0 N–H and O–H groups in total. The van der Waals surface area contributed by atoms with E-state index in [1.54, 1.807) is 0 Å². The molecule has 108 valence electrons. The molecule has 0 radical (unpaired) electrons. The van der Waals surface area contributed by atoms with Crippen LogP contribution in [-0.4, -0.2) is 61.0 Å². The van der Waals surface area contributed by atoms with Gasteiger partial charge in [-0.2, -0.15) is 0 Å². The van der Waals surface area contributed by atoms with E-state index in [2.05, 4.69) is 11.8 Å². The van der Waals surface area contributed by atoms with Crippen LogP contribution in [0.2, 0.25) is 0 Å². The van der Waals surface area contributed by atoms with Crippen molar-refractivity contribution in [3.05, 3.63) is 0 Å². The van der Waals surface area contributed by atoms with Gasteiger partial charge >= 0.3 is 5.97 Å². The number of likely N-dealkylation sites (tertiary alicyclic amines) is 2. The van der Waals surface area contributed by atoms with Gasteiger partial charge in [0.2, 0.25) is 5.91 Å². The summed E-state index contributed by atoms with van der Waals surface area (Å²) in [6.07, 6.45) is 4.12. The molecule has 0 aromatic rings. The molecule has 2 unspecified atom stereocenters. The molecule has 2 heterocycles. The van der Waals surface area contributed by atoms with Crippen LogP contribution in [0.15, 0.2) is 0 Å². The first-order valence-electron chi connectivity index (χ1n) is 7.21. The van der Waals surface area contributed by atoms with Crippen LogP contribution in [0.4, 0.5) is 0 Å². The van der Waals surface area contributed by atoms with Crippen LogP contribution in [0.3, 0.4) is 0 Å². The third-order valence-corrected chi connectivity index (χ3v) is 4.35. The number of hydrogen-bond acceptors (Lipinski definition) is 4. The van der Waals surface area contributed by atoms with Crippen molar-refractivity contribution in [2.75, 3.05) is 33.3 Å². The molecule has 0 saturated carbocycles. The molecule has 0 spiro atoms. The Hall–Kier alpha value is -1.10. The van der Waals surface area contributed by atoms with Crippen molar-refractivity contribution in [3.63, 3.8) is 0 Å². The molecule has 0 aromatic carbocycles. The normalized spacial score (nSPS) is 28.7. The molecular weight excluding hydrogens is 244 g/mol. The maximum atomic E-state index is 11.9. The lowest BCUT2D eigenvalue weighted by atomic mass is 10.0. The summed E-state index contributed by atoms with van der Waals surface area (Å²) in [5, 5.41) is 0. The largest absolute Gasteiger partial charge is 0.469 e. The molecule has 0 aliphatic carbocycles. The van der Waals surface area contributed by atoms with E-state index < -0.39 is 0 Å². The Labute approximate surface area is 114 Å². The van der Waals surface area contributed by atoms with Crippen LogP contribution < -0.4 is 0 Å². The summed E-state index contributed by atoms with van der Waals surface area (Å²) >= 11 is 0. The molecule has 2 saturated heterocycles. The van der Waals surface area contributed by atoms with Crippen molar-refractivity contribution in [1.29, 1.82) is 0 Å². The summed E-state index contributed by atoms with van der Waals surface area (Å²) in [7, 11) is 1.38. The van der Waals surface area contributed by atoms with Crippen molar-refractivity contribution in [1.82, 2.24) is 9.80 Å².